The van der Waals surface area contributed by atoms with Gasteiger partial charge in [0.1, 0.15) is 5.75 Å². The maximum Gasteiger partial charge on any atom is 0.573 e. The van der Waals surface area contributed by atoms with Gasteiger partial charge in [-0.3, -0.25) is 0 Å². The van der Waals surface area contributed by atoms with E-state index < -0.39 is 12.1 Å². The summed E-state index contributed by atoms with van der Waals surface area (Å²) in [5.41, 5.74) is 5.85. The van der Waals surface area contributed by atoms with Crippen LogP contribution in [0, 0.1) is 42.7 Å². The van der Waals surface area contributed by atoms with E-state index in [1.165, 1.54) is 12.1 Å². The smallest absolute Gasteiger partial charge is 0.406 e. The Morgan fingerprint density at radius 3 is 2.05 bits per heavy atom. The van der Waals surface area contributed by atoms with Crippen molar-refractivity contribution in [1.29, 1.82) is 10.5 Å². The molecule has 8 heteroatoms. The van der Waals surface area contributed by atoms with E-state index in [9.17, 15) is 23.7 Å². The molecule has 0 saturated heterocycles. The summed E-state index contributed by atoms with van der Waals surface area (Å²) in [5.74, 6) is -0.447. The van der Waals surface area contributed by atoms with Gasteiger partial charge < -0.3 is 4.74 Å². The van der Waals surface area contributed by atoms with Crippen molar-refractivity contribution >= 4 is 11.3 Å². The first-order valence-electron chi connectivity index (χ1n) is 11.8. The quantitative estimate of drug-likeness (QED) is 0.174. The van der Waals surface area contributed by atoms with Crippen LogP contribution in [0.3, 0.4) is 0 Å². The Kier molecular flexibility index (Phi) is 6.33. The number of nitriles is 2. The first-order chi connectivity index (χ1) is 19.2. The lowest BCUT2D eigenvalue weighted by Crippen LogP contribution is -2.17. The molecular weight excluding hydrogens is 513 g/mol. The Bertz CT molecular complexity index is 1910. The highest BCUT2D eigenvalue weighted by Gasteiger charge is 2.32. The molecule has 4 aromatic carbocycles. The fraction of sp³-hybridized carbons (Fsp3) is 0.0625. The van der Waals surface area contributed by atoms with Crippen LogP contribution in [-0.4, -0.2) is 6.36 Å². The van der Waals surface area contributed by atoms with Crippen molar-refractivity contribution in [1.82, 2.24) is 0 Å². The van der Waals surface area contributed by atoms with Crippen LogP contribution in [0.15, 0.2) is 78.5 Å². The van der Waals surface area contributed by atoms with E-state index in [4.69, 9.17) is 13.1 Å². The number of rotatable bonds is 3. The Balaban J connectivity index is 1.79. The van der Waals surface area contributed by atoms with Crippen LogP contribution in [0.5, 0.6) is 5.75 Å². The van der Waals surface area contributed by atoms with E-state index in [0.717, 1.165) is 17.2 Å². The zero-order chi connectivity index (χ0) is 28.6. The molecule has 0 radical (unpaired) electrons. The molecule has 0 unspecified atom stereocenters. The fourth-order valence-electron chi connectivity index (χ4n) is 4.91. The van der Waals surface area contributed by atoms with Gasteiger partial charge >= 0.3 is 6.36 Å². The number of ether oxygens (including phenoxy) is 1. The third-order valence-corrected chi connectivity index (χ3v) is 6.53. The molecule has 1 aliphatic carbocycles. The second-order valence-electron chi connectivity index (χ2n) is 8.97. The number of aryl methyl sites for hydroxylation is 1. The van der Waals surface area contributed by atoms with Crippen LogP contribution in [0.25, 0.3) is 48.6 Å². The molecule has 0 atom stereocenters. The number of alkyl halides is 3. The minimum absolute atomic E-state index is 0.170. The summed E-state index contributed by atoms with van der Waals surface area (Å²) < 4.78 is 42.6. The molecule has 0 aromatic heterocycles. The highest BCUT2D eigenvalue weighted by Crippen LogP contribution is 2.51. The molecule has 0 bridgehead atoms. The van der Waals surface area contributed by atoms with E-state index >= 15 is 0 Å². The van der Waals surface area contributed by atoms with Gasteiger partial charge in [0.05, 0.1) is 30.8 Å². The first kappa shape index (κ1) is 25.8. The van der Waals surface area contributed by atoms with Crippen molar-refractivity contribution in [3.8, 4) is 51.3 Å². The van der Waals surface area contributed by atoms with Gasteiger partial charge in [-0.1, -0.05) is 48.0 Å². The molecule has 0 fully saturated rings. The highest BCUT2D eigenvalue weighted by molar-refractivity contribution is 6.07. The number of benzene rings is 4. The predicted octanol–water partition coefficient (Wildman–Crippen LogP) is 8.83. The number of hydrogen-bond acceptors (Lipinski definition) is 3. The van der Waals surface area contributed by atoms with Crippen LogP contribution in [0.2, 0.25) is 0 Å². The first-order valence-corrected chi connectivity index (χ1v) is 11.8. The molecular formula is C32H15F3N4O. The average molecular weight is 528 g/mol. The largest absolute Gasteiger partial charge is 0.573 e. The second kappa shape index (κ2) is 9.80. The summed E-state index contributed by atoms with van der Waals surface area (Å²) in [7, 11) is 0. The molecule has 4 aromatic rings. The summed E-state index contributed by atoms with van der Waals surface area (Å²) in [6.45, 7) is 17.4. The maximum atomic E-state index is 12.8. The van der Waals surface area contributed by atoms with Crippen molar-refractivity contribution in [2.24, 2.45) is 0 Å². The molecule has 0 spiro atoms. The Morgan fingerprint density at radius 2 is 1.45 bits per heavy atom. The fourth-order valence-corrected chi connectivity index (χ4v) is 4.91. The molecule has 190 valence electrons. The molecule has 0 heterocycles. The Labute approximate surface area is 227 Å². The Morgan fingerprint density at radius 1 is 0.800 bits per heavy atom. The van der Waals surface area contributed by atoms with Gasteiger partial charge in [-0.25, -0.2) is 15.0 Å². The third kappa shape index (κ3) is 4.52. The molecule has 0 amide bonds. The predicted molar refractivity (Wildman–Crippen MR) is 143 cm³/mol. The van der Waals surface area contributed by atoms with Crippen molar-refractivity contribution in [2.75, 3.05) is 0 Å². The lowest BCUT2D eigenvalue weighted by atomic mass is 9.93. The van der Waals surface area contributed by atoms with E-state index in [-0.39, 0.29) is 11.3 Å². The summed E-state index contributed by atoms with van der Waals surface area (Å²) in [6, 6.07) is 23.6. The van der Waals surface area contributed by atoms with Crippen LogP contribution in [0.4, 0.5) is 18.9 Å². The molecule has 5 rings (SSSR count). The van der Waals surface area contributed by atoms with Crippen molar-refractivity contribution < 1.29 is 17.9 Å². The van der Waals surface area contributed by atoms with E-state index in [1.807, 2.05) is 37.3 Å². The zero-order valence-corrected chi connectivity index (χ0v) is 20.8. The molecule has 0 N–H and O–H groups in total. The monoisotopic (exact) mass is 528 g/mol. The second-order valence-corrected chi connectivity index (χ2v) is 8.97. The number of hydrogen-bond donors (Lipinski definition) is 0. The molecule has 40 heavy (non-hydrogen) atoms. The molecule has 0 saturated carbocycles. The van der Waals surface area contributed by atoms with Crippen molar-refractivity contribution in [3.63, 3.8) is 0 Å². The van der Waals surface area contributed by atoms with Crippen LogP contribution in [-0.2, 0) is 0 Å². The van der Waals surface area contributed by atoms with E-state index in [1.54, 1.807) is 30.3 Å². The number of allylic oxidation sites excluding steroid dienone is 1. The van der Waals surface area contributed by atoms with Gasteiger partial charge in [-0.15, -0.1) is 13.2 Å². The summed E-state index contributed by atoms with van der Waals surface area (Å²) >= 11 is 0. The molecule has 5 nitrogen and oxygen atoms in total. The lowest BCUT2D eigenvalue weighted by molar-refractivity contribution is -0.274. The van der Waals surface area contributed by atoms with Gasteiger partial charge in [0.25, 0.3) is 5.70 Å². The normalized spacial score (nSPS) is 12.7. The summed E-state index contributed by atoms with van der Waals surface area (Å²) in [6.07, 6.45) is -4.89. The minimum Gasteiger partial charge on any atom is -0.406 e. The molecule has 0 aliphatic heterocycles. The standard InChI is InChI=1S/C32H15F3N4O/c1-18-6-4-7-19(10-18)24-14-28-26(15-29(24)38-2)25-12-21(16-36)23(13-27(25)31(28)30(17-37)39-3)20-8-5-9-22(11-20)40-32(33,34)35/h4-15H,1H3/b31-30-. The van der Waals surface area contributed by atoms with Crippen LogP contribution < -0.4 is 4.74 Å². The minimum atomic E-state index is -4.89. The summed E-state index contributed by atoms with van der Waals surface area (Å²) in [5, 5.41) is 19.8. The van der Waals surface area contributed by atoms with Gasteiger partial charge in [0.15, 0.2) is 5.69 Å². The number of halogens is 3. The van der Waals surface area contributed by atoms with Crippen molar-refractivity contribution in [2.45, 2.75) is 13.3 Å². The Hall–Kier alpha value is -5.83. The van der Waals surface area contributed by atoms with Gasteiger partial charge in [-0.2, -0.15) is 5.26 Å². The maximum absolute atomic E-state index is 12.8. The average Bonchev–Trinajstić information content (AvgIpc) is 3.23. The highest BCUT2D eigenvalue weighted by atomic mass is 19.4. The number of fused-ring (bicyclic) bond motifs is 3. The van der Waals surface area contributed by atoms with E-state index in [2.05, 4.69) is 20.5 Å². The zero-order valence-electron chi connectivity index (χ0n) is 20.8. The SMILES string of the molecule is [C-]#[N+]/C(C#N)=C1/c2cc(-c3cccc(OC(F)(F)F)c3)c(C#N)cc2-c2cc([N+]#[C-])c(-c3cccc(C)c3)cc21. The van der Waals surface area contributed by atoms with E-state index in [0.29, 0.717) is 50.2 Å². The van der Waals surface area contributed by atoms with Crippen molar-refractivity contribution in [3.05, 3.63) is 124 Å². The molecule has 1 aliphatic rings. The van der Waals surface area contributed by atoms with Gasteiger partial charge in [0.2, 0.25) is 0 Å². The summed E-state index contributed by atoms with van der Waals surface area (Å²) in [4.78, 5) is 7.16. The van der Waals surface area contributed by atoms with Crippen LogP contribution in [0.1, 0.15) is 22.3 Å². The topological polar surface area (TPSA) is 65.5 Å². The lowest BCUT2D eigenvalue weighted by Gasteiger charge is -2.12. The number of nitrogens with zero attached hydrogens (tertiary/aromatic N) is 4. The third-order valence-electron chi connectivity index (χ3n) is 6.53. The van der Waals surface area contributed by atoms with Gasteiger partial charge in [-0.05, 0) is 76.2 Å². The van der Waals surface area contributed by atoms with Gasteiger partial charge in [0, 0.05) is 11.1 Å². The van der Waals surface area contributed by atoms with Crippen LogP contribution >= 0.6 is 0 Å².